The van der Waals surface area contributed by atoms with Gasteiger partial charge in [0.25, 0.3) is 11.6 Å². The second kappa shape index (κ2) is 5.61. The van der Waals surface area contributed by atoms with Gasteiger partial charge in [0.15, 0.2) is 0 Å². The Kier molecular flexibility index (Phi) is 3.24. The van der Waals surface area contributed by atoms with Gasteiger partial charge in [-0.3, -0.25) is 0 Å². The highest BCUT2D eigenvalue weighted by Gasteiger charge is 2.22. The fourth-order valence-electron chi connectivity index (χ4n) is 3.44. The van der Waals surface area contributed by atoms with Crippen molar-refractivity contribution < 1.29 is 0 Å². The van der Waals surface area contributed by atoms with E-state index in [4.69, 9.17) is 0 Å². The lowest BCUT2D eigenvalue weighted by molar-refractivity contribution is 0.625. The molecule has 1 saturated heterocycles. The second-order valence-corrected chi connectivity index (χ2v) is 6.43. The van der Waals surface area contributed by atoms with Crippen LogP contribution in [0.4, 0.5) is 11.6 Å². The van der Waals surface area contributed by atoms with Gasteiger partial charge in [-0.1, -0.05) is 0 Å². The third-order valence-electron chi connectivity index (χ3n) is 4.65. The first-order valence-corrected chi connectivity index (χ1v) is 8.54. The number of fused-ring (bicyclic) bond motifs is 2. The minimum atomic E-state index is 0.636. The zero-order valence-electron chi connectivity index (χ0n) is 14.6. The summed E-state index contributed by atoms with van der Waals surface area (Å²) in [5.41, 5.74) is 1.88. The van der Waals surface area contributed by atoms with E-state index in [0.29, 0.717) is 11.6 Å². The van der Waals surface area contributed by atoms with Crippen molar-refractivity contribution in [3.8, 4) is 0 Å². The Hall–Kier alpha value is -3.30. The molecule has 0 bridgehead atoms. The van der Waals surface area contributed by atoms with E-state index in [0.717, 1.165) is 49.2 Å². The van der Waals surface area contributed by atoms with Crippen LogP contribution in [0.1, 0.15) is 11.4 Å². The second-order valence-electron chi connectivity index (χ2n) is 6.43. The molecule has 5 heterocycles. The van der Waals surface area contributed by atoms with Gasteiger partial charge < -0.3 is 9.80 Å². The van der Waals surface area contributed by atoms with Crippen LogP contribution in [0.2, 0.25) is 0 Å². The van der Waals surface area contributed by atoms with Crippen molar-refractivity contribution in [2.45, 2.75) is 13.8 Å². The minimum absolute atomic E-state index is 0.636. The molecule has 0 unspecified atom stereocenters. The van der Waals surface area contributed by atoms with Crippen LogP contribution >= 0.6 is 0 Å². The lowest BCUT2D eigenvalue weighted by Crippen LogP contribution is -2.47. The highest BCUT2D eigenvalue weighted by atomic mass is 15.4. The molecule has 0 aliphatic carbocycles. The van der Waals surface area contributed by atoms with E-state index in [-0.39, 0.29) is 0 Å². The quantitative estimate of drug-likeness (QED) is 0.516. The van der Waals surface area contributed by atoms with Crippen LogP contribution in [0.25, 0.3) is 11.6 Å². The molecule has 0 atom stereocenters. The molecule has 1 aliphatic heterocycles. The molecule has 1 fully saturated rings. The summed E-state index contributed by atoms with van der Waals surface area (Å²) in [5.74, 6) is 3.33. The maximum Gasteiger partial charge on any atom is 0.254 e. The molecule has 0 N–H and O–H groups in total. The van der Waals surface area contributed by atoms with E-state index >= 15 is 0 Å². The van der Waals surface area contributed by atoms with E-state index < -0.39 is 0 Å². The summed E-state index contributed by atoms with van der Waals surface area (Å²) in [7, 11) is 0. The Bertz CT molecular complexity index is 1000. The van der Waals surface area contributed by atoms with Crippen molar-refractivity contribution in [1.82, 2.24) is 39.2 Å². The molecule has 10 nitrogen and oxygen atoms in total. The van der Waals surface area contributed by atoms with E-state index in [1.165, 1.54) is 0 Å². The zero-order valence-corrected chi connectivity index (χ0v) is 14.6. The Morgan fingerprint density at radius 2 is 1.12 bits per heavy atom. The zero-order chi connectivity index (χ0) is 17.7. The van der Waals surface area contributed by atoms with Gasteiger partial charge in [0, 0.05) is 49.7 Å². The summed E-state index contributed by atoms with van der Waals surface area (Å²) in [6.07, 6.45) is 3.09. The van der Waals surface area contributed by atoms with Crippen molar-refractivity contribution in [3.63, 3.8) is 0 Å². The first-order valence-electron chi connectivity index (χ1n) is 8.54. The SMILES string of the molecule is Cc1cc(N2CCN(c3cc(C)nc4ncnn34)CC2)n2ncnc2n1. The summed E-state index contributed by atoms with van der Waals surface area (Å²) < 4.78 is 3.60. The van der Waals surface area contributed by atoms with Crippen LogP contribution in [-0.2, 0) is 0 Å². The highest BCUT2D eigenvalue weighted by Crippen LogP contribution is 2.22. The summed E-state index contributed by atoms with van der Waals surface area (Å²) in [5, 5.41) is 8.63. The molecule has 4 aromatic heterocycles. The van der Waals surface area contributed by atoms with Gasteiger partial charge in [0.05, 0.1) is 0 Å². The van der Waals surface area contributed by atoms with Crippen molar-refractivity contribution in [2.75, 3.05) is 36.0 Å². The third kappa shape index (κ3) is 2.33. The Morgan fingerprint density at radius 3 is 1.54 bits per heavy atom. The molecule has 4 aromatic rings. The van der Waals surface area contributed by atoms with Crippen LogP contribution in [0, 0.1) is 13.8 Å². The number of piperazine rings is 1. The average molecular weight is 350 g/mol. The van der Waals surface area contributed by atoms with Gasteiger partial charge in [-0.05, 0) is 13.8 Å². The van der Waals surface area contributed by atoms with Crippen molar-refractivity contribution in [1.29, 1.82) is 0 Å². The summed E-state index contributed by atoms with van der Waals surface area (Å²) in [6.45, 7) is 7.45. The number of rotatable bonds is 2. The lowest BCUT2D eigenvalue weighted by atomic mass is 10.3. The standard InChI is InChI=1S/C16H18N10/c1-11-7-13(25-15(21-11)17-9-19-25)23-3-5-24(6-4-23)14-8-12(2)22-16-18-10-20-26(14)16/h7-10H,3-6H2,1-2H3. The molecule has 10 heteroatoms. The Balaban J connectivity index is 1.44. The van der Waals surface area contributed by atoms with E-state index in [2.05, 4.69) is 52.1 Å². The molecule has 0 saturated carbocycles. The average Bonchev–Trinajstić information content (AvgIpc) is 3.29. The first kappa shape index (κ1) is 15.0. The molecule has 1 aliphatic rings. The molecule has 0 spiro atoms. The molecule has 132 valence electrons. The largest absolute Gasteiger partial charge is 0.353 e. The fourth-order valence-corrected chi connectivity index (χ4v) is 3.44. The van der Waals surface area contributed by atoms with Crippen LogP contribution in [0.5, 0.6) is 0 Å². The summed E-state index contributed by atoms with van der Waals surface area (Å²) in [6, 6.07) is 4.12. The molecular weight excluding hydrogens is 332 g/mol. The summed E-state index contributed by atoms with van der Waals surface area (Å²) in [4.78, 5) is 21.9. The fraction of sp³-hybridized carbons (Fsp3) is 0.375. The molecular formula is C16H18N10. The number of nitrogens with zero attached hydrogens (tertiary/aromatic N) is 10. The van der Waals surface area contributed by atoms with E-state index in [1.54, 1.807) is 21.7 Å². The predicted molar refractivity (Wildman–Crippen MR) is 95.5 cm³/mol. The number of hydrogen-bond donors (Lipinski definition) is 0. The molecule has 0 amide bonds. The van der Waals surface area contributed by atoms with Gasteiger partial charge >= 0.3 is 0 Å². The van der Waals surface area contributed by atoms with Gasteiger partial charge in [0.1, 0.15) is 24.3 Å². The smallest absolute Gasteiger partial charge is 0.254 e. The van der Waals surface area contributed by atoms with E-state index in [1.807, 2.05) is 13.8 Å². The molecule has 26 heavy (non-hydrogen) atoms. The predicted octanol–water partition coefficient (Wildman–Crippen LogP) is 0.505. The third-order valence-corrected chi connectivity index (χ3v) is 4.65. The maximum atomic E-state index is 4.42. The summed E-state index contributed by atoms with van der Waals surface area (Å²) >= 11 is 0. The van der Waals surface area contributed by atoms with Crippen molar-refractivity contribution in [3.05, 3.63) is 36.2 Å². The minimum Gasteiger partial charge on any atom is -0.353 e. The molecule has 0 radical (unpaired) electrons. The first-order chi connectivity index (χ1) is 12.7. The number of aryl methyl sites for hydroxylation is 2. The van der Waals surface area contributed by atoms with E-state index in [9.17, 15) is 0 Å². The van der Waals surface area contributed by atoms with Gasteiger partial charge in [-0.25, -0.2) is 9.97 Å². The molecule has 0 aromatic carbocycles. The normalized spacial score (nSPS) is 15.3. The topological polar surface area (TPSA) is 92.6 Å². The maximum absolute atomic E-state index is 4.42. The number of aromatic nitrogens is 8. The van der Waals surface area contributed by atoms with Crippen molar-refractivity contribution >= 4 is 23.2 Å². The van der Waals surface area contributed by atoms with Crippen LogP contribution in [-0.4, -0.2) is 65.3 Å². The number of anilines is 2. The number of hydrogen-bond acceptors (Lipinski definition) is 8. The van der Waals surface area contributed by atoms with Gasteiger partial charge in [-0.15, -0.1) is 0 Å². The van der Waals surface area contributed by atoms with Crippen molar-refractivity contribution in [2.24, 2.45) is 0 Å². The van der Waals surface area contributed by atoms with Gasteiger partial charge in [0.2, 0.25) is 0 Å². The van der Waals surface area contributed by atoms with Crippen LogP contribution in [0.3, 0.4) is 0 Å². The van der Waals surface area contributed by atoms with Crippen LogP contribution in [0.15, 0.2) is 24.8 Å². The monoisotopic (exact) mass is 350 g/mol. The van der Waals surface area contributed by atoms with Crippen LogP contribution < -0.4 is 9.80 Å². The Labute approximate surface area is 149 Å². The highest BCUT2D eigenvalue weighted by molar-refractivity contribution is 5.51. The Morgan fingerprint density at radius 1 is 0.692 bits per heavy atom. The lowest BCUT2D eigenvalue weighted by Gasteiger charge is -2.37. The molecule has 5 rings (SSSR count). The van der Waals surface area contributed by atoms with Gasteiger partial charge in [-0.2, -0.15) is 29.2 Å².